The third kappa shape index (κ3) is 4.23. The molecule has 0 spiro atoms. The maximum atomic E-state index is 12.5. The Balaban J connectivity index is 1.51. The fourth-order valence-corrected chi connectivity index (χ4v) is 2.91. The lowest BCUT2D eigenvalue weighted by Crippen LogP contribution is -2.17. The Morgan fingerprint density at radius 3 is 2.69 bits per heavy atom. The number of benzene rings is 2. The van der Waals surface area contributed by atoms with Crippen molar-refractivity contribution in [1.29, 1.82) is 5.26 Å². The first-order valence-electron chi connectivity index (χ1n) is 8.76. The average molecular weight is 407 g/mol. The number of carbonyl (C=O) groups is 1. The molecular formula is C21H15ClN4O3. The van der Waals surface area contributed by atoms with Crippen LogP contribution in [0.2, 0.25) is 5.02 Å². The van der Waals surface area contributed by atoms with Gasteiger partial charge in [-0.1, -0.05) is 11.6 Å². The number of carbonyl (C=O) groups excluding carboxylic acids is 1. The molecule has 1 aliphatic heterocycles. The van der Waals surface area contributed by atoms with Gasteiger partial charge in [0.2, 0.25) is 0 Å². The van der Waals surface area contributed by atoms with Crippen molar-refractivity contribution >= 4 is 29.3 Å². The van der Waals surface area contributed by atoms with E-state index in [0.717, 1.165) is 5.69 Å². The fourth-order valence-electron chi connectivity index (χ4n) is 2.78. The van der Waals surface area contributed by atoms with E-state index in [-0.39, 0.29) is 5.57 Å². The number of fused-ring (bicyclic) bond motifs is 1. The molecule has 0 unspecified atom stereocenters. The van der Waals surface area contributed by atoms with Gasteiger partial charge >= 0.3 is 0 Å². The highest BCUT2D eigenvalue weighted by Crippen LogP contribution is 2.32. The van der Waals surface area contributed by atoms with E-state index in [9.17, 15) is 10.1 Å². The molecule has 0 saturated heterocycles. The van der Waals surface area contributed by atoms with Crippen molar-refractivity contribution < 1.29 is 14.3 Å². The molecule has 1 N–H and O–H groups in total. The normalized spacial score (nSPS) is 12.9. The van der Waals surface area contributed by atoms with Crippen LogP contribution in [0.1, 0.15) is 5.56 Å². The van der Waals surface area contributed by atoms with Crippen LogP contribution in [0.25, 0.3) is 11.8 Å². The predicted octanol–water partition coefficient (Wildman–Crippen LogP) is 3.84. The minimum Gasteiger partial charge on any atom is -0.486 e. The molecule has 1 amide bonds. The van der Waals surface area contributed by atoms with Crippen LogP contribution < -0.4 is 14.8 Å². The molecule has 7 nitrogen and oxygen atoms in total. The zero-order valence-corrected chi connectivity index (χ0v) is 15.9. The van der Waals surface area contributed by atoms with E-state index in [0.29, 0.717) is 41.0 Å². The summed E-state index contributed by atoms with van der Waals surface area (Å²) in [6.45, 7) is 0.940. The summed E-state index contributed by atoms with van der Waals surface area (Å²) in [6.07, 6.45) is 4.77. The van der Waals surface area contributed by atoms with Crippen LogP contribution in [0, 0.1) is 11.3 Å². The van der Waals surface area contributed by atoms with Crippen molar-refractivity contribution in [3.8, 4) is 23.3 Å². The van der Waals surface area contributed by atoms with Crippen LogP contribution in [0.3, 0.4) is 0 Å². The fraction of sp³-hybridized carbons (Fsp3) is 0.0952. The number of nitrogens with one attached hydrogen (secondary N) is 1. The first-order valence-corrected chi connectivity index (χ1v) is 9.13. The number of aromatic nitrogens is 2. The van der Waals surface area contributed by atoms with Gasteiger partial charge in [0.15, 0.2) is 11.5 Å². The highest BCUT2D eigenvalue weighted by molar-refractivity contribution is 6.30. The van der Waals surface area contributed by atoms with E-state index in [4.69, 9.17) is 21.1 Å². The standard InChI is InChI=1S/C21H15ClN4O3/c22-16-1-4-18(5-2-16)26-13-14(12-24-26)9-15(11-23)21(27)25-17-3-6-19-20(10-17)29-8-7-28-19/h1-6,9-10,12-13H,7-8H2,(H,25,27). The summed E-state index contributed by atoms with van der Waals surface area (Å²) < 4.78 is 12.6. The molecule has 1 aromatic heterocycles. The summed E-state index contributed by atoms with van der Waals surface area (Å²) in [5, 5.41) is 17.0. The van der Waals surface area contributed by atoms with E-state index in [1.165, 1.54) is 6.08 Å². The second kappa shape index (κ2) is 8.09. The molecule has 1 aliphatic rings. The number of ether oxygens (including phenoxy) is 2. The Bertz CT molecular complexity index is 1130. The maximum absolute atomic E-state index is 12.5. The van der Waals surface area contributed by atoms with Crippen LogP contribution in [-0.4, -0.2) is 28.9 Å². The van der Waals surface area contributed by atoms with Gasteiger partial charge in [0.1, 0.15) is 24.9 Å². The number of nitrogens with zero attached hydrogens (tertiary/aromatic N) is 3. The summed E-state index contributed by atoms with van der Waals surface area (Å²) in [5.41, 5.74) is 1.90. The quantitative estimate of drug-likeness (QED) is 0.525. The molecule has 4 rings (SSSR count). The molecule has 2 aromatic carbocycles. The van der Waals surface area contributed by atoms with E-state index in [2.05, 4.69) is 10.4 Å². The van der Waals surface area contributed by atoms with Gasteiger partial charge in [-0.15, -0.1) is 0 Å². The first-order chi connectivity index (χ1) is 14.1. The number of hydrogen-bond donors (Lipinski definition) is 1. The van der Waals surface area contributed by atoms with Crippen LogP contribution in [0.4, 0.5) is 5.69 Å². The van der Waals surface area contributed by atoms with Crippen molar-refractivity contribution in [3.05, 3.63) is 71.0 Å². The molecule has 8 heteroatoms. The monoisotopic (exact) mass is 406 g/mol. The van der Waals surface area contributed by atoms with E-state index in [1.54, 1.807) is 47.4 Å². The van der Waals surface area contributed by atoms with Crippen LogP contribution in [0.15, 0.2) is 60.4 Å². The molecule has 0 atom stereocenters. The lowest BCUT2D eigenvalue weighted by atomic mass is 10.2. The number of anilines is 1. The predicted molar refractivity (Wildman–Crippen MR) is 108 cm³/mol. The Labute approximate surface area is 171 Å². The Morgan fingerprint density at radius 2 is 1.93 bits per heavy atom. The summed E-state index contributed by atoms with van der Waals surface area (Å²) >= 11 is 5.90. The Kier molecular flexibility index (Phi) is 5.18. The van der Waals surface area contributed by atoms with Gasteiger partial charge in [-0.05, 0) is 42.5 Å². The van der Waals surface area contributed by atoms with Crippen molar-refractivity contribution in [1.82, 2.24) is 9.78 Å². The van der Waals surface area contributed by atoms with Crippen LogP contribution >= 0.6 is 11.6 Å². The molecule has 144 valence electrons. The van der Waals surface area contributed by atoms with E-state index >= 15 is 0 Å². The van der Waals surface area contributed by atoms with Crippen molar-refractivity contribution in [3.63, 3.8) is 0 Å². The highest BCUT2D eigenvalue weighted by atomic mass is 35.5. The lowest BCUT2D eigenvalue weighted by Gasteiger charge is -2.18. The zero-order valence-electron chi connectivity index (χ0n) is 15.1. The second-order valence-electron chi connectivity index (χ2n) is 6.18. The lowest BCUT2D eigenvalue weighted by molar-refractivity contribution is -0.112. The summed E-state index contributed by atoms with van der Waals surface area (Å²) in [5.74, 6) is 0.657. The second-order valence-corrected chi connectivity index (χ2v) is 6.61. The van der Waals surface area contributed by atoms with Gasteiger partial charge in [0.25, 0.3) is 5.91 Å². The van der Waals surface area contributed by atoms with Gasteiger partial charge in [-0.25, -0.2) is 4.68 Å². The molecule has 0 saturated carbocycles. The van der Waals surface area contributed by atoms with Crippen molar-refractivity contribution in [2.24, 2.45) is 0 Å². The molecule has 2 heterocycles. The smallest absolute Gasteiger partial charge is 0.266 e. The Morgan fingerprint density at radius 1 is 1.17 bits per heavy atom. The number of rotatable bonds is 4. The average Bonchev–Trinajstić information content (AvgIpc) is 3.21. The zero-order chi connectivity index (χ0) is 20.2. The summed E-state index contributed by atoms with van der Waals surface area (Å²) in [4.78, 5) is 12.5. The van der Waals surface area contributed by atoms with E-state index in [1.807, 2.05) is 18.2 Å². The summed E-state index contributed by atoms with van der Waals surface area (Å²) in [6, 6.07) is 14.2. The molecule has 29 heavy (non-hydrogen) atoms. The van der Waals surface area contributed by atoms with E-state index < -0.39 is 5.91 Å². The molecule has 0 radical (unpaired) electrons. The number of amides is 1. The van der Waals surface area contributed by atoms with Gasteiger partial charge in [-0.2, -0.15) is 10.4 Å². The highest BCUT2D eigenvalue weighted by Gasteiger charge is 2.15. The van der Waals surface area contributed by atoms with Gasteiger partial charge in [0.05, 0.1) is 11.9 Å². The van der Waals surface area contributed by atoms with Crippen LogP contribution in [-0.2, 0) is 4.79 Å². The summed E-state index contributed by atoms with van der Waals surface area (Å²) in [7, 11) is 0. The molecule has 0 aliphatic carbocycles. The maximum Gasteiger partial charge on any atom is 0.266 e. The molecule has 0 bridgehead atoms. The third-order valence-corrected chi connectivity index (χ3v) is 4.42. The van der Waals surface area contributed by atoms with Crippen LogP contribution in [0.5, 0.6) is 11.5 Å². The number of nitriles is 1. The molecule has 3 aromatic rings. The minimum atomic E-state index is -0.525. The minimum absolute atomic E-state index is 0.0458. The molecular weight excluding hydrogens is 392 g/mol. The van der Waals surface area contributed by atoms with Crippen molar-refractivity contribution in [2.45, 2.75) is 0 Å². The van der Waals surface area contributed by atoms with Crippen molar-refractivity contribution in [2.75, 3.05) is 18.5 Å². The topological polar surface area (TPSA) is 89.2 Å². The number of halogens is 1. The first kappa shape index (κ1) is 18.6. The SMILES string of the molecule is N#CC(=Cc1cnn(-c2ccc(Cl)cc2)c1)C(=O)Nc1ccc2c(c1)OCCO2. The Hall–Kier alpha value is -3.76. The van der Waals surface area contributed by atoms with Gasteiger partial charge in [-0.3, -0.25) is 4.79 Å². The number of hydrogen-bond acceptors (Lipinski definition) is 5. The largest absolute Gasteiger partial charge is 0.486 e. The molecule has 0 fully saturated rings. The van der Waals surface area contributed by atoms with Gasteiger partial charge in [0, 0.05) is 28.5 Å². The third-order valence-electron chi connectivity index (χ3n) is 4.17. The van der Waals surface area contributed by atoms with Gasteiger partial charge < -0.3 is 14.8 Å².